The number of carbonyl (C=O) groups is 1. The molecule has 0 amide bonds. The first kappa shape index (κ1) is 11.1. The van der Waals surface area contributed by atoms with Crippen molar-refractivity contribution in [3.8, 4) is 0 Å². The van der Waals surface area contributed by atoms with Gasteiger partial charge in [0, 0.05) is 10.5 Å². The topological polar surface area (TPSA) is 55.1 Å². The molecule has 2 rings (SSSR count). The highest BCUT2D eigenvalue weighted by molar-refractivity contribution is 9.10. The van der Waals surface area contributed by atoms with Gasteiger partial charge in [0.2, 0.25) is 0 Å². The van der Waals surface area contributed by atoms with Gasteiger partial charge in [0.15, 0.2) is 0 Å². The second-order valence-corrected chi connectivity index (χ2v) is 4.73. The van der Waals surface area contributed by atoms with Crippen molar-refractivity contribution in [3.63, 3.8) is 0 Å². The summed E-state index contributed by atoms with van der Waals surface area (Å²) in [6.07, 6.45) is 1.73. The van der Waals surface area contributed by atoms with Crippen LogP contribution in [-0.2, 0) is 0 Å². The van der Waals surface area contributed by atoms with Crippen LogP contribution in [0.25, 0.3) is 11.0 Å². The molecule has 0 atom stereocenters. The maximum absolute atomic E-state index is 10.9. The summed E-state index contributed by atoms with van der Waals surface area (Å²) in [5.74, 6) is -0.943. The Hall–Kier alpha value is -1.36. The first-order valence-corrected chi connectivity index (χ1v) is 5.69. The summed E-state index contributed by atoms with van der Waals surface area (Å²) in [5, 5.41) is 8.93. The molecule has 84 valence electrons. The summed E-state index contributed by atoms with van der Waals surface area (Å²) < 4.78 is 2.76. The van der Waals surface area contributed by atoms with Crippen LogP contribution in [0.5, 0.6) is 0 Å². The maximum atomic E-state index is 10.9. The minimum atomic E-state index is -0.943. The molecule has 0 spiro atoms. The van der Waals surface area contributed by atoms with Crippen LogP contribution in [-0.4, -0.2) is 20.6 Å². The number of benzene rings is 1. The molecule has 0 unspecified atom stereocenters. The number of imidazole rings is 1. The van der Waals surface area contributed by atoms with E-state index in [9.17, 15) is 4.79 Å². The number of rotatable bonds is 2. The second kappa shape index (κ2) is 3.90. The van der Waals surface area contributed by atoms with Crippen molar-refractivity contribution in [1.82, 2.24) is 9.55 Å². The van der Waals surface area contributed by atoms with Crippen molar-refractivity contribution < 1.29 is 9.90 Å². The quantitative estimate of drug-likeness (QED) is 0.921. The number of carboxylic acid groups (broad SMARTS) is 1. The molecule has 1 aromatic heterocycles. The zero-order valence-corrected chi connectivity index (χ0v) is 10.5. The van der Waals surface area contributed by atoms with Gasteiger partial charge in [-0.3, -0.25) is 0 Å². The summed E-state index contributed by atoms with van der Waals surface area (Å²) >= 11 is 3.39. The van der Waals surface area contributed by atoms with Crippen LogP contribution in [0, 0.1) is 0 Å². The van der Waals surface area contributed by atoms with E-state index in [4.69, 9.17) is 5.11 Å². The molecule has 0 bridgehead atoms. The normalized spacial score (nSPS) is 11.2. The average Bonchev–Trinajstić information content (AvgIpc) is 2.61. The van der Waals surface area contributed by atoms with Crippen LogP contribution in [0.3, 0.4) is 0 Å². The Morgan fingerprint density at radius 3 is 2.75 bits per heavy atom. The van der Waals surface area contributed by atoms with E-state index >= 15 is 0 Å². The van der Waals surface area contributed by atoms with E-state index in [-0.39, 0.29) is 11.6 Å². The summed E-state index contributed by atoms with van der Waals surface area (Å²) in [5.41, 5.74) is 1.87. The van der Waals surface area contributed by atoms with Gasteiger partial charge in [0.05, 0.1) is 22.9 Å². The van der Waals surface area contributed by atoms with Gasteiger partial charge in [0.1, 0.15) is 0 Å². The van der Waals surface area contributed by atoms with Crippen molar-refractivity contribution in [2.45, 2.75) is 19.9 Å². The minimum absolute atomic E-state index is 0.244. The molecule has 0 saturated carbocycles. The number of carboxylic acids is 1. The number of halogens is 1. The van der Waals surface area contributed by atoms with E-state index in [1.807, 2.05) is 4.57 Å². The fourth-order valence-electron chi connectivity index (χ4n) is 1.64. The van der Waals surface area contributed by atoms with Crippen LogP contribution in [0.1, 0.15) is 30.2 Å². The van der Waals surface area contributed by atoms with E-state index in [1.165, 1.54) is 0 Å². The molecule has 0 aliphatic carbocycles. The largest absolute Gasteiger partial charge is 0.478 e. The van der Waals surface area contributed by atoms with E-state index in [1.54, 1.807) is 18.5 Å². The van der Waals surface area contributed by atoms with Gasteiger partial charge in [-0.05, 0) is 41.9 Å². The minimum Gasteiger partial charge on any atom is -0.478 e. The van der Waals surface area contributed by atoms with E-state index < -0.39 is 5.97 Å². The smallest absolute Gasteiger partial charge is 0.335 e. The molecule has 16 heavy (non-hydrogen) atoms. The molecular formula is C11H11BrN2O2. The van der Waals surface area contributed by atoms with Crippen molar-refractivity contribution in [2.75, 3.05) is 0 Å². The monoisotopic (exact) mass is 282 g/mol. The third-order valence-electron chi connectivity index (χ3n) is 2.43. The molecule has 0 fully saturated rings. The molecule has 5 heteroatoms. The van der Waals surface area contributed by atoms with Gasteiger partial charge in [0.25, 0.3) is 0 Å². The first-order valence-electron chi connectivity index (χ1n) is 4.90. The predicted molar refractivity (Wildman–Crippen MR) is 64.8 cm³/mol. The molecule has 0 radical (unpaired) electrons. The Labute approximate surface area is 101 Å². The van der Waals surface area contributed by atoms with Gasteiger partial charge >= 0.3 is 5.97 Å². The van der Waals surface area contributed by atoms with Crippen LogP contribution < -0.4 is 0 Å². The van der Waals surface area contributed by atoms with Crippen LogP contribution in [0.2, 0.25) is 0 Å². The third-order valence-corrected chi connectivity index (χ3v) is 3.03. The Kier molecular flexibility index (Phi) is 2.71. The fourth-order valence-corrected chi connectivity index (χ4v) is 2.29. The first-order chi connectivity index (χ1) is 7.50. The zero-order chi connectivity index (χ0) is 11.9. The second-order valence-electron chi connectivity index (χ2n) is 3.88. The van der Waals surface area contributed by atoms with Gasteiger partial charge in [-0.15, -0.1) is 0 Å². The third kappa shape index (κ3) is 1.71. The lowest BCUT2D eigenvalue weighted by atomic mass is 10.2. The van der Waals surface area contributed by atoms with Crippen molar-refractivity contribution in [1.29, 1.82) is 0 Å². The number of hydrogen-bond acceptors (Lipinski definition) is 2. The van der Waals surface area contributed by atoms with Crippen LogP contribution >= 0.6 is 15.9 Å². The highest BCUT2D eigenvalue weighted by atomic mass is 79.9. The number of nitrogens with zero attached hydrogens (tertiary/aromatic N) is 2. The Morgan fingerprint density at radius 2 is 2.19 bits per heavy atom. The Bertz CT molecular complexity index is 560. The van der Waals surface area contributed by atoms with Crippen molar-refractivity contribution >= 4 is 32.9 Å². The standard InChI is InChI=1S/C11H11BrN2O2/c1-6(2)14-5-13-9-4-7(11(15)16)3-8(12)10(9)14/h3-6H,1-2H3,(H,15,16). The number of fused-ring (bicyclic) bond motifs is 1. The molecular weight excluding hydrogens is 272 g/mol. The average molecular weight is 283 g/mol. The molecule has 4 nitrogen and oxygen atoms in total. The zero-order valence-electron chi connectivity index (χ0n) is 8.94. The number of aromatic nitrogens is 2. The summed E-state index contributed by atoms with van der Waals surface area (Å²) in [6.45, 7) is 4.11. The molecule has 0 aliphatic heterocycles. The van der Waals surface area contributed by atoms with Crippen molar-refractivity contribution in [3.05, 3.63) is 28.5 Å². The predicted octanol–water partition coefficient (Wildman–Crippen LogP) is 3.08. The Morgan fingerprint density at radius 1 is 1.50 bits per heavy atom. The molecule has 1 N–H and O–H groups in total. The molecule has 1 heterocycles. The number of hydrogen-bond donors (Lipinski definition) is 1. The number of aromatic carboxylic acids is 1. The van der Waals surface area contributed by atoms with Gasteiger partial charge in [-0.2, -0.15) is 0 Å². The molecule has 1 aromatic carbocycles. The summed E-state index contributed by atoms with van der Waals surface area (Å²) in [4.78, 5) is 15.1. The Balaban J connectivity index is 2.73. The van der Waals surface area contributed by atoms with Gasteiger partial charge < -0.3 is 9.67 Å². The highest BCUT2D eigenvalue weighted by Gasteiger charge is 2.13. The lowest BCUT2D eigenvalue weighted by Gasteiger charge is -2.09. The van der Waals surface area contributed by atoms with E-state index in [0.717, 1.165) is 9.99 Å². The lowest BCUT2D eigenvalue weighted by molar-refractivity contribution is 0.0697. The van der Waals surface area contributed by atoms with Crippen LogP contribution in [0.15, 0.2) is 22.9 Å². The summed E-state index contributed by atoms with van der Waals surface area (Å²) in [6, 6.07) is 3.48. The maximum Gasteiger partial charge on any atom is 0.335 e. The highest BCUT2D eigenvalue weighted by Crippen LogP contribution is 2.27. The fraction of sp³-hybridized carbons (Fsp3) is 0.273. The van der Waals surface area contributed by atoms with Crippen molar-refractivity contribution in [2.24, 2.45) is 0 Å². The molecule has 0 saturated heterocycles. The van der Waals surface area contributed by atoms with Gasteiger partial charge in [-0.1, -0.05) is 0 Å². The molecule has 2 aromatic rings. The van der Waals surface area contributed by atoms with E-state index in [2.05, 4.69) is 34.8 Å². The molecule has 0 aliphatic rings. The van der Waals surface area contributed by atoms with Crippen LogP contribution in [0.4, 0.5) is 0 Å². The SMILES string of the molecule is CC(C)n1cnc2cc(C(=O)O)cc(Br)c21. The summed E-state index contributed by atoms with van der Waals surface area (Å²) in [7, 11) is 0. The lowest BCUT2D eigenvalue weighted by Crippen LogP contribution is -2.00. The van der Waals surface area contributed by atoms with Gasteiger partial charge in [-0.25, -0.2) is 9.78 Å². The van der Waals surface area contributed by atoms with E-state index in [0.29, 0.717) is 5.52 Å².